The number of aromatic nitrogens is 4. The number of fused-ring (bicyclic) bond motifs is 1. The van der Waals surface area contributed by atoms with Crippen LogP contribution in [-0.2, 0) is 6.42 Å². The first kappa shape index (κ1) is 12.7. The quantitative estimate of drug-likeness (QED) is 0.747. The molecule has 0 aliphatic rings. The molecule has 5 nitrogen and oxygen atoms in total. The summed E-state index contributed by atoms with van der Waals surface area (Å²) in [4.78, 5) is 16.7. The van der Waals surface area contributed by atoms with Gasteiger partial charge in [-0.15, -0.1) is 0 Å². The van der Waals surface area contributed by atoms with E-state index in [0.717, 1.165) is 13.0 Å². The van der Waals surface area contributed by atoms with E-state index in [4.69, 9.17) is 11.6 Å². The molecule has 1 aromatic carbocycles. The third kappa shape index (κ3) is 2.83. The van der Waals surface area contributed by atoms with Crippen LogP contribution in [0.3, 0.4) is 0 Å². The fraction of sp³-hybridized carbons (Fsp3) is 0.143. The average molecular weight is 286 g/mol. The van der Waals surface area contributed by atoms with Crippen molar-refractivity contribution >= 4 is 28.7 Å². The average Bonchev–Trinajstić information content (AvgIpc) is 2.48. The van der Waals surface area contributed by atoms with E-state index in [1.807, 2.05) is 18.2 Å². The third-order valence-corrected chi connectivity index (χ3v) is 3.09. The van der Waals surface area contributed by atoms with Crippen molar-refractivity contribution in [2.75, 3.05) is 11.9 Å². The van der Waals surface area contributed by atoms with E-state index in [0.29, 0.717) is 22.3 Å². The van der Waals surface area contributed by atoms with Crippen LogP contribution in [0.15, 0.2) is 42.7 Å². The first-order chi connectivity index (χ1) is 9.83. The number of benzene rings is 1. The summed E-state index contributed by atoms with van der Waals surface area (Å²) < 4.78 is 0. The van der Waals surface area contributed by atoms with Crippen LogP contribution in [0.4, 0.5) is 5.95 Å². The summed E-state index contributed by atoms with van der Waals surface area (Å²) in [5.41, 5.74) is 2.27. The van der Waals surface area contributed by atoms with Gasteiger partial charge in [0.2, 0.25) is 5.95 Å². The monoisotopic (exact) mass is 285 g/mol. The minimum atomic E-state index is 0.310. The minimum absolute atomic E-state index is 0.310. The van der Waals surface area contributed by atoms with Gasteiger partial charge in [0.05, 0.1) is 0 Å². The maximum absolute atomic E-state index is 6.06. The lowest BCUT2D eigenvalue weighted by atomic mass is 10.1. The zero-order valence-electron chi connectivity index (χ0n) is 10.6. The van der Waals surface area contributed by atoms with Gasteiger partial charge in [-0.25, -0.2) is 9.97 Å². The number of hydrogen-bond donors (Lipinski definition) is 1. The molecule has 2 aromatic heterocycles. The first-order valence-electron chi connectivity index (χ1n) is 6.25. The Bertz CT molecular complexity index is 717. The highest BCUT2D eigenvalue weighted by Crippen LogP contribution is 2.17. The van der Waals surface area contributed by atoms with Crippen molar-refractivity contribution in [3.05, 3.63) is 53.4 Å². The molecule has 0 radical (unpaired) electrons. The van der Waals surface area contributed by atoms with E-state index < -0.39 is 0 Å². The Morgan fingerprint density at radius 2 is 1.80 bits per heavy atom. The van der Waals surface area contributed by atoms with Crippen molar-refractivity contribution in [2.45, 2.75) is 6.42 Å². The predicted octanol–water partition coefficient (Wildman–Crippen LogP) is 2.73. The lowest BCUT2D eigenvalue weighted by Crippen LogP contribution is -2.08. The second-order valence-electron chi connectivity index (χ2n) is 4.23. The molecule has 0 aliphatic heterocycles. The summed E-state index contributed by atoms with van der Waals surface area (Å²) >= 11 is 6.06. The Hall–Kier alpha value is -2.27. The van der Waals surface area contributed by atoms with Gasteiger partial charge in [0.15, 0.2) is 10.8 Å². The molecule has 3 rings (SSSR count). The maximum atomic E-state index is 6.06. The second kappa shape index (κ2) is 5.79. The highest BCUT2D eigenvalue weighted by atomic mass is 35.5. The first-order valence-corrected chi connectivity index (χ1v) is 6.63. The number of nitrogens with zero attached hydrogens (tertiary/aromatic N) is 4. The Morgan fingerprint density at radius 1 is 1.00 bits per heavy atom. The third-order valence-electron chi connectivity index (χ3n) is 2.83. The molecule has 1 N–H and O–H groups in total. The molecule has 20 heavy (non-hydrogen) atoms. The van der Waals surface area contributed by atoms with Crippen molar-refractivity contribution in [1.29, 1.82) is 0 Å². The molecule has 0 saturated heterocycles. The van der Waals surface area contributed by atoms with E-state index in [9.17, 15) is 0 Å². The topological polar surface area (TPSA) is 63.6 Å². The van der Waals surface area contributed by atoms with Crippen LogP contribution < -0.4 is 5.32 Å². The molecule has 2 heterocycles. The molecule has 0 fully saturated rings. The SMILES string of the molecule is Clc1nc(NCCc2ccccc2)nc2nccnc12. The van der Waals surface area contributed by atoms with Gasteiger partial charge in [0.1, 0.15) is 5.52 Å². The summed E-state index contributed by atoms with van der Waals surface area (Å²) in [6.45, 7) is 0.728. The van der Waals surface area contributed by atoms with E-state index in [2.05, 4.69) is 37.4 Å². The molecule has 0 saturated carbocycles. The summed E-state index contributed by atoms with van der Waals surface area (Å²) in [6.07, 6.45) is 4.04. The summed E-state index contributed by atoms with van der Waals surface area (Å²) in [5, 5.41) is 3.46. The van der Waals surface area contributed by atoms with Crippen LogP contribution in [-0.4, -0.2) is 26.5 Å². The van der Waals surface area contributed by atoms with Gasteiger partial charge >= 0.3 is 0 Å². The van der Waals surface area contributed by atoms with Crippen LogP contribution in [0.1, 0.15) is 5.56 Å². The van der Waals surface area contributed by atoms with Gasteiger partial charge in [-0.1, -0.05) is 41.9 Å². The van der Waals surface area contributed by atoms with Gasteiger partial charge in [-0.3, -0.25) is 0 Å². The Morgan fingerprint density at radius 3 is 2.65 bits per heavy atom. The minimum Gasteiger partial charge on any atom is -0.354 e. The van der Waals surface area contributed by atoms with Crippen LogP contribution >= 0.6 is 11.6 Å². The van der Waals surface area contributed by atoms with Gasteiger partial charge in [0, 0.05) is 18.9 Å². The summed E-state index contributed by atoms with van der Waals surface area (Å²) in [7, 11) is 0. The van der Waals surface area contributed by atoms with E-state index in [-0.39, 0.29) is 0 Å². The van der Waals surface area contributed by atoms with Crippen molar-refractivity contribution < 1.29 is 0 Å². The molecule has 0 atom stereocenters. The van der Waals surface area contributed by atoms with Crippen molar-refractivity contribution in [1.82, 2.24) is 19.9 Å². The zero-order valence-corrected chi connectivity index (χ0v) is 11.4. The Kier molecular flexibility index (Phi) is 3.69. The molecule has 0 bridgehead atoms. The smallest absolute Gasteiger partial charge is 0.226 e. The molecule has 0 amide bonds. The molecule has 0 unspecified atom stereocenters. The van der Waals surface area contributed by atoms with E-state index >= 15 is 0 Å². The van der Waals surface area contributed by atoms with Crippen molar-refractivity contribution in [2.24, 2.45) is 0 Å². The Balaban J connectivity index is 1.72. The predicted molar refractivity (Wildman–Crippen MR) is 78.8 cm³/mol. The van der Waals surface area contributed by atoms with Crippen molar-refractivity contribution in [3.63, 3.8) is 0 Å². The van der Waals surface area contributed by atoms with E-state index in [1.165, 1.54) is 5.56 Å². The molecular formula is C14H12ClN5. The highest BCUT2D eigenvalue weighted by Gasteiger charge is 2.07. The number of hydrogen-bond acceptors (Lipinski definition) is 5. The standard InChI is InChI=1S/C14H12ClN5/c15-12-11-13(17-9-8-16-11)20-14(19-12)18-7-6-10-4-2-1-3-5-10/h1-5,8-9H,6-7H2,(H,17,18,19,20). The van der Waals surface area contributed by atoms with Gasteiger partial charge in [-0.05, 0) is 12.0 Å². The summed E-state index contributed by atoms with van der Waals surface area (Å²) in [6, 6.07) is 10.2. The fourth-order valence-corrected chi connectivity index (χ4v) is 2.09. The van der Waals surface area contributed by atoms with E-state index in [1.54, 1.807) is 12.4 Å². The van der Waals surface area contributed by atoms with Crippen LogP contribution in [0.2, 0.25) is 5.15 Å². The van der Waals surface area contributed by atoms with Crippen molar-refractivity contribution in [3.8, 4) is 0 Å². The number of rotatable bonds is 4. The van der Waals surface area contributed by atoms with Crippen LogP contribution in [0.5, 0.6) is 0 Å². The number of halogens is 1. The van der Waals surface area contributed by atoms with Gasteiger partial charge < -0.3 is 5.32 Å². The Labute approximate surface area is 121 Å². The molecule has 0 aliphatic carbocycles. The fourth-order valence-electron chi connectivity index (χ4n) is 1.87. The second-order valence-corrected chi connectivity index (χ2v) is 4.59. The number of anilines is 1. The normalized spacial score (nSPS) is 10.7. The van der Waals surface area contributed by atoms with Crippen LogP contribution in [0.25, 0.3) is 11.2 Å². The molecule has 0 spiro atoms. The van der Waals surface area contributed by atoms with Gasteiger partial charge in [-0.2, -0.15) is 9.97 Å². The lowest BCUT2D eigenvalue weighted by molar-refractivity contribution is 0.986. The van der Waals surface area contributed by atoms with Crippen LogP contribution in [0, 0.1) is 0 Å². The lowest BCUT2D eigenvalue weighted by Gasteiger charge is -2.06. The number of nitrogens with one attached hydrogen (secondary N) is 1. The zero-order chi connectivity index (χ0) is 13.8. The summed E-state index contributed by atoms with van der Waals surface area (Å²) in [5.74, 6) is 0.471. The van der Waals surface area contributed by atoms with Gasteiger partial charge in [0.25, 0.3) is 0 Å². The molecular weight excluding hydrogens is 274 g/mol. The molecule has 6 heteroatoms. The molecule has 100 valence electrons. The molecule has 3 aromatic rings. The maximum Gasteiger partial charge on any atom is 0.226 e. The highest BCUT2D eigenvalue weighted by molar-refractivity contribution is 6.33. The largest absolute Gasteiger partial charge is 0.354 e.